The Morgan fingerprint density at radius 2 is 2.08 bits per heavy atom. The van der Waals surface area contributed by atoms with Crippen LogP contribution in [0.1, 0.15) is 11.3 Å². The monoisotopic (exact) mass is 186 g/mol. The van der Waals surface area contributed by atoms with E-state index in [4.69, 9.17) is 10.2 Å². The topological polar surface area (TPSA) is 40.5 Å². The minimum atomic E-state index is 0.0482. The number of aliphatic hydroxyl groups is 2. The molecule has 0 aliphatic heterocycles. The normalized spacial score (nSPS) is 10.9. The van der Waals surface area contributed by atoms with Crippen LogP contribution in [0.4, 0.5) is 0 Å². The minimum Gasteiger partial charge on any atom is -0.396 e. The number of thiophene rings is 1. The molecule has 12 heavy (non-hydrogen) atoms. The van der Waals surface area contributed by atoms with Crippen molar-refractivity contribution < 1.29 is 10.2 Å². The first kappa shape index (κ1) is 9.71. The van der Waals surface area contributed by atoms with Crippen LogP contribution >= 0.6 is 11.3 Å². The predicted molar refractivity (Wildman–Crippen MR) is 50.3 cm³/mol. The third-order valence-corrected chi connectivity index (χ3v) is 2.83. The molecule has 0 bridgehead atoms. The molecule has 0 atom stereocenters. The Balaban J connectivity index is 2.25. The fourth-order valence-corrected chi connectivity index (χ4v) is 1.77. The fourth-order valence-electron chi connectivity index (χ4n) is 1.04. The molecule has 1 aromatic rings. The Kier molecular flexibility index (Phi) is 4.29. The highest BCUT2D eigenvalue weighted by Gasteiger charge is 2.05. The van der Waals surface area contributed by atoms with Crippen molar-refractivity contribution >= 4 is 11.3 Å². The molecule has 1 rings (SSSR count). The molecule has 0 unspecified atom stereocenters. The molecule has 0 aliphatic carbocycles. The highest BCUT2D eigenvalue weighted by molar-refractivity contribution is 7.09. The van der Waals surface area contributed by atoms with Crippen molar-refractivity contribution in [3.63, 3.8) is 0 Å². The molecule has 3 heteroatoms. The Morgan fingerprint density at radius 3 is 2.58 bits per heavy atom. The first-order valence-electron chi connectivity index (χ1n) is 4.11. The van der Waals surface area contributed by atoms with Crippen molar-refractivity contribution in [1.82, 2.24) is 0 Å². The number of hydrogen-bond donors (Lipinski definition) is 2. The summed E-state index contributed by atoms with van der Waals surface area (Å²) < 4.78 is 0. The number of hydrogen-bond acceptors (Lipinski definition) is 3. The molecule has 0 saturated heterocycles. The molecule has 1 heterocycles. The first-order valence-corrected chi connectivity index (χ1v) is 4.99. The summed E-state index contributed by atoms with van der Waals surface area (Å²) in [5.41, 5.74) is 0. The van der Waals surface area contributed by atoms with Gasteiger partial charge in [0.05, 0.1) is 0 Å². The van der Waals surface area contributed by atoms with Crippen molar-refractivity contribution in [2.45, 2.75) is 12.8 Å². The van der Waals surface area contributed by atoms with Gasteiger partial charge in [-0.2, -0.15) is 0 Å². The zero-order valence-electron chi connectivity index (χ0n) is 6.94. The molecule has 1 aromatic heterocycles. The summed E-state index contributed by atoms with van der Waals surface area (Å²) >= 11 is 1.72. The number of rotatable bonds is 5. The molecule has 2 N–H and O–H groups in total. The summed E-state index contributed by atoms with van der Waals surface area (Å²) in [7, 11) is 0. The van der Waals surface area contributed by atoms with E-state index in [-0.39, 0.29) is 19.1 Å². The van der Waals surface area contributed by atoms with Gasteiger partial charge in [-0.05, 0) is 24.3 Å². The van der Waals surface area contributed by atoms with Gasteiger partial charge < -0.3 is 10.2 Å². The van der Waals surface area contributed by atoms with E-state index in [2.05, 4.69) is 6.07 Å². The fraction of sp³-hybridized carbons (Fsp3) is 0.556. The molecule has 0 aromatic carbocycles. The van der Waals surface area contributed by atoms with E-state index < -0.39 is 0 Å². The van der Waals surface area contributed by atoms with Crippen molar-refractivity contribution in [1.29, 1.82) is 0 Å². The van der Waals surface area contributed by atoms with E-state index in [0.717, 1.165) is 12.8 Å². The van der Waals surface area contributed by atoms with Crippen LogP contribution in [0.5, 0.6) is 0 Å². The van der Waals surface area contributed by atoms with Crippen LogP contribution in [0.2, 0.25) is 0 Å². The van der Waals surface area contributed by atoms with Gasteiger partial charge in [0.1, 0.15) is 0 Å². The maximum Gasteiger partial charge on any atom is 0.0481 e. The first-order chi connectivity index (χ1) is 5.86. The lowest BCUT2D eigenvalue weighted by molar-refractivity contribution is 0.144. The summed E-state index contributed by atoms with van der Waals surface area (Å²) in [6.07, 6.45) is 1.83. The van der Waals surface area contributed by atoms with Gasteiger partial charge in [-0.3, -0.25) is 0 Å². The average Bonchev–Trinajstić information content (AvgIpc) is 2.59. The molecular weight excluding hydrogens is 172 g/mol. The van der Waals surface area contributed by atoms with Gasteiger partial charge in [-0.15, -0.1) is 11.3 Å². The predicted octanol–water partition coefficient (Wildman–Crippen LogP) is 1.28. The molecule has 68 valence electrons. The van der Waals surface area contributed by atoms with Gasteiger partial charge in [0, 0.05) is 24.0 Å². The summed E-state index contributed by atoms with van der Waals surface area (Å²) in [5, 5.41) is 19.6. The zero-order valence-corrected chi connectivity index (χ0v) is 7.76. The molecule has 0 aliphatic rings. The van der Waals surface area contributed by atoms with E-state index in [1.165, 1.54) is 4.88 Å². The number of aryl methyl sites for hydroxylation is 1. The molecular formula is C9H14O2S. The van der Waals surface area contributed by atoms with Gasteiger partial charge >= 0.3 is 0 Å². The van der Waals surface area contributed by atoms with Crippen LogP contribution in [-0.4, -0.2) is 23.4 Å². The highest BCUT2D eigenvalue weighted by atomic mass is 32.1. The smallest absolute Gasteiger partial charge is 0.0481 e. The van der Waals surface area contributed by atoms with Crippen LogP contribution in [0, 0.1) is 5.92 Å². The Bertz CT molecular complexity index is 192. The van der Waals surface area contributed by atoms with Gasteiger partial charge in [0.25, 0.3) is 0 Å². The van der Waals surface area contributed by atoms with Crippen molar-refractivity contribution in [3.05, 3.63) is 22.4 Å². The third kappa shape index (κ3) is 2.93. The molecule has 0 amide bonds. The lowest BCUT2D eigenvalue weighted by atomic mass is 10.1. The van der Waals surface area contributed by atoms with Crippen LogP contribution < -0.4 is 0 Å². The molecule has 2 nitrogen and oxygen atoms in total. The summed E-state index contributed by atoms with van der Waals surface area (Å²) in [6.45, 7) is 0.170. The van der Waals surface area contributed by atoms with E-state index in [1.807, 2.05) is 11.4 Å². The second-order valence-corrected chi connectivity index (χ2v) is 3.88. The third-order valence-electron chi connectivity index (χ3n) is 1.90. The summed E-state index contributed by atoms with van der Waals surface area (Å²) in [6, 6.07) is 4.10. The zero-order chi connectivity index (χ0) is 8.81. The highest BCUT2D eigenvalue weighted by Crippen LogP contribution is 2.14. The summed E-state index contributed by atoms with van der Waals surface area (Å²) in [5.74, 6) is 0.0482. The second kappa shape index (κ2) is 5.30. The van der Waals surface area contributed by atoms with Crippen molar-refractivity contribution in [2.24, 2.45) is 5.92 Å². The Morgan fingerprint density at radius 1 is 1.33 bits per heavy atom. The Labute approximate surface area is 76.5 Å². The largest absolute Gasteiger partial charge is 0.396 e. The second-order valence-electron chi connectivity index (χ2n) is 2.85. The van der Waals surface area contributed by atoms with Crippen LogP contribution in [0.15, 0.2) is 17.5 Å². The standard InChI is InChI=1S/C9H14O2S/c10-6-8(7-11)3-4-9-2-1-5-12-9/h1-2,5,8,10-11H,3-4,6-7H2. The van der Waals surface area contributed by atoms with E-state index >= 15 is 0 Å². The van der Waals surface area contributed by atoms with E-state index in [0.29, 0.717) is 0 Å². The van der Waals surface area contributed by atoms with Gasteiger partial charge in [-0.1, -0.05) is 6.07 Å². The van der Waals surface area contributed by atoms with E-state index in [9.17, 15) is 0 Å². The van der Waals surface area contributed by atoms with Crippen molar-refractivity contribution in [3.8, 4) is 0 Å². The van der Waals surface area contributed by atoms with Crippen LogP contribution in [-0.2, 0) is 6.42 Å². The van der Waals surface area contributed by atoms with Gasteiger partial charge in [0.15, 0.2) is 0 Å². The maximum atomic E-state index is 8.80. The number of aliphatic hydroxyl groups excluding tert-OH is 2. The minimum absolute atomic E-state index is 0.0482. The van der Waals surface area contributed by atoms with Crippen molar-refractivity contribution in [2.75, 3.05) is 13.2 Å². The van der Waals surface area contributed by atoms with Crippen LogP contribution in [0.3, 0.4) is 0 Å². The lowest BCUT2D eigenvalue weighted by Gasteiger charge is -2.08. The van der Waals surface area contributed by atoms with Gasteiger partial charge in [-0.25, -0.2) is 0 Å². The SMILES string of the molecule is OCC(CO)CCc1cccs1. The molecule has 0 saturated carbocycles. The Hall–Kier alpha value is -0.380. The maximum absolute atomic E-state index is 8.80. The van der Waals surface area contributed by atoms with Gasteiger partial charge in [0.2, 0.25) is 0 Å². The summed E-state index contributed by atoms with van der Waals surface area (Å²) in [4.78, 5) is 1.32. The van der Waals surface area contributed by atoms with E-state index in [1.54, 1.807) is 11.3 Å². The molecule has 0 spiro atoms. The average molecular weight is 186 g/mol. The van der Waals surface area contributed by atoms with Crippen LogP contribution in [0.25, 0.3) is 0 Å². The molecule has 0 fully saturated rings. The quantitative estimate of drug-likeness (QED) is 0.727. The lowest BCUT2D eigenvalue weighted by Crippen LogP contribution is -2.11. The molecule has 0 radical (unpaired) electrons.